The van der Waals surface area contributed by atoms with Gasteiger partial charge in [0.15, 0.2) is 0 Å². The van der Waals surface area contributed by atoms with Gasteiger partial charge in [-0.1, -0.05) is 35.9 Å². The third-order valence-corrected chi connectivity index (χ3v) is 7.33. The molecule has 1 fully saturated rings. The number of sulfonamides is 1. The van der Waals surface area contributed by atoms with Gasteiger partial charge in [0.1, 0.15) is 4.90 Å². The molecule has 0 saturated carbocycles. The molecule has 8 heteroatoms. The molecule has 28 heavy (non-hydrogen) atoms. The van der Waals surface area contributed by atoms with Crippen molar-refractivity contribution in [2.45, 2.75) is 11.4 Å². The summed E-state index contributed by atoms with van der Waals surface area (Å²) in [5.41, 5.74) is 2.27. The van der Waals surface area contributed by atoms with Crippen LogP contribution in [0.2, 0.25) is 5.02 Å². The molecule has 0 aliphatic carbocycles. The van der Waals surface area contributed by atoms with E-state index in [-0.39, 0.29) is 9.92 Å². The number of halogens is 1. The Hall–Kier alpha value is -2.19. The summed E-state index contributed by atoms with van der Waals surface area (Å²) in [6, 6.07) is 14.9. The second kappa shape index (κ2) is 8.05. The van der Waals surface area contributed by atoms with Gasteiger partial charge in [-0.05, 0) is 29.8 Å². The molecule has 0 radical (unpaired) electrons. The first-order valence-electron chi connectivity index (χ1n) is 9.08. The molecular weight excluding hydrogens is 396 g/mol. The fourth-order valence-electron chi connectivity index (χ4n) is 3.36. The van der Waals surface area contributed by atoms with Gasteiger partial charge in [-0.15, -0.1) is 0 Å². The van der Waals surface area contributed by atoms with Crippen LogP contribution >= 0.6 is 11.6 Å². The molecule has 1 saturated heterocycles. The molecule has 4 rings (SSSR count). The Morgan fingerprint density at radius 2 is 1.68 bits per heavy atom. The molecule has 0 unspecified atom stereocenters. The van der Waals surface area contributed by atoms with Crippen LogP contribution in [0.25, 0.3) is 5.69 Å². The van der Waals surface area contributed by atoms with E-state index in [1.807, 2.05) is 10.8 Å². The van der Waals surface area contributed by atoms with Gasteiger partial charge in [-0.25, -0.2) is 13.4 Å². The highest BCUT2D eigenvalue weighted by Gasteiger charge is 2.29. The quantitative estimate of drug-likeness (QED) is 0.641. The molecule has 0 bridgehead atoms. The average Bonchev–Trinajstić information content (AvgIpc) is 3.24. The predicted octanol–water partition coefficient (Wildman–Crippen LogP) is 3.03. The number of nitrogens with zero attached hydrogens (tertiary/aromatic N) is 4. The van der Waals surface area contributed by atoms with E-state index in [1.54, 1.807) is 36.8 Å². The summed E-state index contributed by atoms with van der Waals surface area (Å²) < 4.78 is 29.2. The minimum absolute atomic E-state index is 0.181. The van der Waals surface area contributed by atoms with E-state index in [9.17, 15) is 8.42 Å². The van der Waals surface area contributed by atoms with E-state index in [4.69, 9.17) is 11.6 Å². The summed E-state index contributed by atoms with van der Waals surface area (Å²) in [4.78, 5) is 6.51. The number of imidazole rings is 1. The van der Waals surface area contributed by atoms with Crippen LogP contribution in [-0.2, 0) is 16.6 Å². The van der Waals surface area contributed by atoms with Crippen molar-refractivity contribution in [1.29, 1.82) is 0 Å². The lowest BCUT2D eigenvalue weighted by Crippen LogP contribution is -2.48. The van der Waals surface area contributed by atoms with E-state index in [1.165, 1.54) is 9.87 Å². The van der Waals surface area contributed by atoms with Crippen molar-refractivity contribution in [3.63, 3.8) is 0 Å². The Morgan fingerprint density at radius 3 is 2.32 bits per heavy atom. The van der Waals surface area contributed by atoms with Crippen LogP contribution in [0.15, 0.2) is 72.1 Å². The molecule has 1 aliphatic rings. The monoisotopic (exact) mass is 416 g/mol. The molecule has 0 atom stereocenters. The van der Waals surface area contributed by atoms with Gasteiger partial charge in [0, 0.05) is 50.8 Å². The van der Waals surface area contributed by atoms with Crippen molar-refractivity contribution in [1.82, 2.24) is 18.8 Å². The lowest BCUT2D eigenvalue weighted by molar-refractivity contribution is 0.181. The Balaban J connectivity index is 1.37. The van der Waals surface area contributed by atoms with Crippen LogP contribution in [0.4, 0.5) is 0 Å². The minimum atomic E-state index is -3.55. The Labute approximate surface area is 170 Å². The van der Waals surface area contributed by atoms with Gasteiger partial charge >= 0.3 is 0 Å². The third-order valence-electron chi connectivity index (χ3n) is 4.93. The summed E-state index contributed by atoms with van der Waals surface area (Å²) in [5, 5.41) is 0.267. The molecule has 2 aromatic carbocycles. The van der Waals surface area contributed by atoms with Gasteiger partial charge < -0.3 is 4.57 Å². The normalized spacial score (nSPS) is 16.3. The molecule has 2 heterocycles. The third kappa shape index (κ3) is 3.98. The molecule has 0 spiro atoms. The van der Waals surface area contributed by atoms with Crippen LogP contribution in [0, 0.1) is 0 Å². The van der Waals surface area contributed by atoms with Gasteiger partial charge in [0.25, 0.3) is 0 Å². The Bertz CT molecular complexity index is 1030. The fraction of sp³-hybridized carbons (Fsp3) is 0.250. The van der Waals surface area contributed by atoms with Crippen LogP contribution in [0.5, 0.6) is 0 Å². The van der Waals surface area contributed by atoms with Gasteiger partial charge in [0.05, 0.1) is 11.3 Å². The highest BCUT2D eigenvalue weighted by Crippen LogP contribution is 2.25. The van der Waals surface area contributed by atoms with Crippen LogP contribution < -0.4 is 0 Å². The van der Waals surface area contributed by atoms with Crippen molar-refractivity contribution in [3.8, 4) is 5.69 Å². The van der Waals surface area contributed by atoms with Gasteiger partial charge in [-0.3, -0.25) is 4.90 Å². The van der Waals surface area contributed by atoms with Crippen LogP contribution in [0.3, 0.4) is 0 Å². The SMILES string of the molecule is O=S(=O)(c1ccccc1Cl)N1CCN(Cc2ccc(-n3ccnc3)cc2)CC1. The smallest absolute Gasteiger partial charge is 0.244 e. The van der Waals surface area contributed by atoms with Crippen molar-refractivity contribution < 1.29 is 8.42 Å². The number of piperazine rings is 1. The summed E-state index contributed by atoms with van der Waals surface area (Å²) >= 11 is 6.09. The molecule has 3 aromatic rings. The van der Waals surface area contributed by atoms with Gasteiger partial charge in [0.2, 0.25) is 10.0 Å². The molecule has 146 valence electrons. The Kier molecular flexibility index (Phi) is 5.50. The largest absolute Gasteiger partial charge is 0.306 e. The minimum Gasteiger partial charge on any atom is -0.306 e. The number of rotatable bonds is 5. The second-order valence-electron chi connectivity index (χ2n) is 6.75. The zero-order valence-corrected chi connectivity index (χ0v) is 16.9. The standard InChI is InChI=1S/C20H21ClN4O2S/c21-19-3-1-2-4-20(19)28(26,27)25-13-11-23(12-14-25)15-17-5-7-18(8-6-17)24-10-9-22-16-24/h1-10,16H,11-15H2. The number of hydrogen-bond acceptors (Lipinski definition) is 4. The van der Waals surface area contributed by atoms with Crippen molar-refractivity contribution in [2.75, 3.05) is 26.2 Å². The zero-order valence-electron chi connectivity index (χ0n) is 15.3. The topological polar surface area (TPSA) is 58.4 Å². The first kappa shape index (κ1) is 19.1. The first-order valence-corrected chi connectivity index (χ1v) is 10.9. The maximum Gasteiger partial charge on any atom is 0.244 e. The summed E-state index contributed by atoms with van der Waals surface area (Å²) in [6.07, 6.45) is 5.44. The maximum atomic E-state index is 12.8. The van der Waals surface area contributed by atoms with E-state index >= 15 is 0 Å². The second-order valence-corrected chi connectivity index (χ2v) is 9.06. The van der Waals surface area contributed by atoms with Gasteiger partial charge in [-0.2, -0.15) is 4.31 Å². The van der Waals surface area contributed by atoms with E-state index in [0.717, 1.165) is 12.2 Å². The number of benzene rings is 2. The molecule has 6 nitrogen and oxygen atoms in total. The molecule has 0 N–H and O–H groups in total. The number of aromatic nitrogens is 2. The summed E-state index contributed by atoms with van der Waals surface area (Å²) in [7, 11) is -3.55. The molecule has 1 aromatic heterocycles. The maximum absolute atomic E-state index is 12.8. The first-order chi connectivity index (χ1) is 13.5. The van der Waals surface area contributed by atoms with E-state index < -0.39 is 10.0 Å². The van der Waals surface area contributed by atoms with Crippen LogP contribution in [-0.4, -0.2) is 53.4 Å². The van der Waals surface area contributed by atoms with Crippen molar-refractivity contribution >= 4 is 21.6 Å². The molecule has 0 amide bonds. The highest BCUT2D eigenvalue weighted by atomic mass is 35.5. The average molecular weight is 417 g/mol. The predicted molar refractivity (Wildman–Crippen MR) is 109 cm³/mol. The van der Waals surface area contributed by atoms with Crippen molar-refractivity contribution in [3.05, 3.63) is 77.8 Å². The van der Waals surface area contributed by atoms with E-state index in [0.29, 0.717) is 26.2 Å². The van der Waals surface area contributed by atoms with E-state index in [2.05, 4.69) is 34.1 Å². The highest BCUT2D eigenvalue weighted by molar-refractivity contribution is 7.89. The number of hydrogen-bond donors (Lipinski definition) is 0. The fourth-order valence-corrected chi connectivity index (χ4v) is 5.28. The lowest BCUT2D eigenvalue weighted by Gasteiger charge is -2.34. The van der Waals surface area contributed by atoms with Crippen molar-refractivity contribution in [2.24, 2.45) is 0 Å². The Morgan fingerprint density at radius 1 is 0.964 bits per heavy atom. The molecular formula is C20H21ClN4O2S. The summed E-state index contributed by atoms with van der Waals surface area (Å²) in [5.74, 6) is 0. The van der Waals surface area contributed by atoms with Crippen LogP contribution in [0.1, 0.15) is 5.56 Å². The molecule has 1 aliphatic heterocycles. The zero-order chi connectivity index (χ0) is 19.6. The summed E-state index contributed by atoms with van der Waals surface area (Å²) in [6.45, 7) is 3.09. The lowest BCUT2D eigenvalue weighted by atomic mass is 10.2.